The third-order valence-electron chi connectivity index (χ3n) is 4.50. The molecule has 8 heteroatoms. The number of carbonyl (C=O) groups is 2. The van der Waals surface area contributed by atoms with Crippen LogP contribution in [0, 0.1) is 0 Å². The summed E-state index contributed by atoms with van der Waals surface area (Å²) in [5.74, 6) is -0.106. The van der Waals surface area contributed by atoms with Crippen LogP contribution in [-0.2, 0) is 19.4 Å². The van der Waals surface area contributed by atoms with Gasteiger partial charge in [-0.1, -0.05) is 24.3 Å². The molecular formula is C20H21NO6S. The molecule has 28 heavy (non-hydrogen) atoms. The molecule has 3 rings (SSSR count). The van der Waals surface area contributed by atoms with E-state index in [2.05, 4.69) is 4.74 Å². The minimum atomic E-state index is -3.22. The number of carbonyl (C=O) groups excluding carboxylic acids is 2. The van der Waals surface area contributed by atoms with Crippen LogP contribution in [0.5, 0.6) is 11.5 Å². The largest absolute Gasteiger partial charge is 0.468 e. The van der Waals surface area contributed by atoms with E-state index in [-0.39, 0.29) is 18.1 Å². The Labute approximate surface area is 163 Å². The molecule has 1 saturated heterocycles. The van der Waals surface area contributed by atoms with Crippen LogP contribution >= 0.6 is 0 Å². The van der Waals surface area contributed by atoms with Gasteiger partial charge in [-0.3, -0.25) is 9.59 Å². The molecule has 1 amide bonds. The highest BCUT2D eigenvalue weighted by atomic mass is 32.2. The van der Waals surface area contributed by atoms with Gasteiger partial charge in [-0.05, 0) is 36.8 Å². The lowest BCUT2D eigenvalue weighted by atomic mass is 10.1. The Hall–Kier alpha value is -2.87. The van der Waals surface area contributed by atoms with Crippen molar-refractivity contribution >= 4 is 21.7 Å². The van der Waals surface area contributed by atoms with Crippen LogP contribution in [-0.4, -0.2) is 56.4 Å². The van der Waals surface area contributed by atoms with E-state index in [1.54, 1.807) is 36.4 Å². The normalized spacial score (nSPS) is 17.7. The highest BCUT2D eigenvalue weighted by Crippen LogP contribution is 2.24. The summed E-state index contributed by atoms with van der Waals surface area (Å²) in [4.78, 5) is 26.1. The van der Waals surface area contributed by atoms with Crippen LogP contribution in [0.3, 0.4) is 0 Å². The molecule has 1 aliphatic heterocycles. The molecule has 2 aromatic carbocycles. The number of hydrogen-bond donors (Lipinski definition) is 0. The van der Waals surface area contributed by atoms with Crippen LogP contribution in [0.4, 0.5) is 0 Å². The van der Waals surface area contributed by atoms with Gasteiger partial charge < -0.3 is 14.4 Å². The predicted molar refractivity (Wildman–Crippen MR) is 103 cm³/mol. The molecule has 1 heterocycles. The van der Waals surface area contributed by atoms with Crippen LogP contribution in [0.15, 0.2) is 54.6 Å². The predicted octanol–water partition coefficient (Wildman–Crippen LogP) is 2.28. The number of methoxy groups -OCH3 is 1. The molecule has 0 spiro atoms. The number of benzene rings is 2. The van der Waals surface area contributed by atoms with E-state index in [4.69, 9.17) is 4.74 Å². The van der Waals surface area contributed by atoms with Gasteiger partial charge in [0.2, 0.25) is 0 Å². The van der Waals surface area contributed by atoms with Crippen molar-refractivity contribution in [2.45, 2.75) is 12.5 Å². The summed E-state index contributed by atoms with van der Waals surface area (Å²) < 4.78 is 34.1. The van der Waals surface area contributed by atoms with Crippen LogP contribution in [0.2, 0.25) is 0 Å². The van der Waals surface area contributed by atoms with E-state index in [0.29, 0.717) is 23.5 Å². The Morgan fingerprint density at radius 2 is 1.79 bits per heavy atom. The van der Waals surface area contributed by atoms with E-state index in [0.717, 1.165) is 0 Å². The number of amides is 1. The number of hydrogen-bond acceptors (Lipinski definition) is 6. The number of rotatable bonds is 6. The smallest absolute Gasteiger partial charge is 0.325 e. The second-order valence-electron chi connectivity index (χ2n) is 6.51. The first-order valence-corrected chi connectivity index (χ1v) is 10.6. The van der Waals surface area contributed by atoms with Crippen molar-refractivity contribution in [1.29, 1.82) is 0 Å². The summed E-state index contributed by atoms with van der Waals surface area (Å²) >= 11 is 0. The maximum Gasteiger partial charge on any atom is 0.325 e. The van der Waals surface area contributed by atoms with Crippen molar-refractivity contribution in [3.8, 4) is 11.5 Å². The van der Waals surface area contributed by atoms with E-state index in [9.17, 15) is 18.0 Å². The fraction of sp³-hybridized carbons (Fsp3) is 0.300. The van der Waals surface area contributed by atoms with E-state index in [1.165, 1.54) is 12.0 Å². The van der Waals surface area contributed by atoms with E-state index < -0.39 is 27.8 Å². The Morgan fingerprint density at radius 3 is 2.43 bits per heavy atom. The summed E-state index contributed by atoms with van der Waals surface area (Å²) in [6, 6.07) is 15.1. The standard InChI is InChI=1S/C20H21NO6S/c1-26-19(22)13-21(16-10-11-28(24,25)14-16)20(23)15-6-5-9-18(12-15)27-17-7-3-2-4-8-17/h2-9,12,16H,10-11,13-14H2,1H3/t16-/m1/s1. The molecule has 0 radical (unpaired) electrons. The Balaban J connectivity index is 1.83. The lowest BCUT2D eigenvalue weighted by molar-refractivity contribution is -0.141. The van der Waals surface area contributed by atoms with Gasteiger partial charge in [-0.2, -0.15) is 0 Å². The van der Waals surface area contributed by atoms with Gasteiger partial charge in [0.1, 0.15) is 18.0 Å². The zero-order valence-corrected chi connectivity index (χ0v) is 16.2. The molecule has 148 valence electrons. The average molecular weight is 403 g/mol. The average Bonchev–Trinajstić information content (AvgIpc) is 3.06. The maximum atomic E-state index is 13.1. The third kappa shape index (κ3) is 4.89. The molecule has 0 N–H and O–H groups in total. The molecule has 2 aromatic rings. The Bertz CT molecular complexity index is 958. The number of sulfone groups is 1. The number of ether oxygens (including phenoxy) is 2. The highest BCUT2D eigenvalue weighted by molar-refractivity contribution is 7.91. The minimum Gasteiger partial charge on any atom is -0.468 e. The SMILES string of the molecule is COC(=O)CN(C(=O)c1cccc(Oc2ccccc2)c1)[C@@H]1CCS(=O)(=O)C1. The zero-order chi connectivity index (χ0) is 20.1. The molecule has 7 nitrogen and oxygen atoms in total. The van der Waals surface area contributed by atoms with Crippen molar-refractivity contribution < 1.29 is 27.5 Å². The second-order valence-corrected chi connectivity index (χ2v) is 8.74. The fourth-order valence-corrected chi connectivity index (χ4v) is 4.81. The van der Waals surface area contributed by atoms with Gasteiger partial charge in [-0.15, -0.1) is 0 Å². The molecule has 0 saturated carbocycles. The van der Waals surface area contributed by atoms with Gasteiger partial charge in [0.15, 0.2) is 9.84 Å². The van der Waals surface area contributed by atoms with Gasteiger partial charge in [-0.25, -0.2) is 8.42 Å². The zero-order valence-electron chi connectivity index (χ0n) is 15.4. The van der Waals surface area contributed by atoms with E-state index >= 15 is 0 Å². The summed E-state index contributed by atoms with van der Waals surface area (Å²) in [6.45, 7) is -0.306. The molecule has 1 fully saturated rings. The van der Waals surface area contributed by atoms with Crippen LogP contribution < -0.4 is 4.74 Å². The summed E-state index contributed by atoms with van der Waals surface area (Å²) in [6.07, 6.45) is 0.297. The summed E-state index contributed by atoms with van der Waals surface area (Å²) in [7, 11) is -1.99. The van der Waals surface area contributed by atoms with Crippen molar-refractivity contribution in [3.05, 3.63) is 60.2 Å². The molecule has 0 unspecified atom stereocenters. The molecular weight excluding hydrogens is 382 g/mol. The molecule has 0 aliphatic carbocycles. The molecule has 1 atom stereocenters. The lowest BCUT2D eigenvalue weighted by Crippen LogP contribution is -2.44. The van der Waals surface area contributed by atoms with Crippen molar-refractivity contribution in [1.82, 2.24) is 4.90 Å². The van der Waals surface area contributed by atoms with Gasteiger partial charge in [0.05, 0.1) is 18.6 Å². The Kier molecular flexibility index (Phi) is 5.99. The fourth-order valence-electron chi connectivity index (χ4n) is 3.07. The molecule has 1 aliphatic rings. The topological polar surface area (TPSA) is 90.0 Å². The summed E-state index contributed by atoms with van der Waals surface area (Å²) in [5.41, 5.74) is 0.307. The van der Waals surface area contributed by atoms with Crippen molar-refractivity contribution in [3.63, 3.8) is 0 Å². The van der Waals surface area contributed by atoms with Gasteiger partial charge in [0.25, 0.3) is 5.91 Å². The second kappa shape index (κ2) is 8.43. The quantitative estimate of drug-likeness (QED) is 0.688. The summed E-state index contributed by atoms with van der Waals surface area (Å²) in [5, 5.41) is 0. The highest BCUT2D eigenvalue weighted by Gasteiger charge is 2.36. The monoisotopic (exact) mass is 403 g/mol. The lowest BCUT2D eigenvalue weighted by Gasteiger charge is -2.27. The minimum absolute atomic E-state index is 0.000221. The first-order chi connectivity index (χ1) is 13.4. The number of nitrogens with zero attached hydrogens (tertiary/aromatic N) is 1. The molecule has 0 bridgehead atoms. The van der Waals surface area contributed by atoms with Crippen molar-refractivity contribution in [2.75, 3.05) is 25.2 Å². The first-order valence-electron chi connectivity index (χ1n) is 8.79. The van der Waals surface area contributed by atoms with Crippen LogP contribution in [0.1, 0.15) is 16.8 Å². The molecule has 0 aromatic heterocycles. The van der Waals surface area contributed by atoms with Crippen molar-refractivity contribution in [2.24, 2.45) is 0 Å². The van der Waals surface area contributed by atoms with Crippen LogP contribution in [0.25, 0.3) is 0 Å². The van der Waals surface area contributed by atoms with E-state index in [1.807, 2.05) is 18.2 Å². The Morgan fingerprint density at radius 1 is 1.07 bits per heavy atom. The first kappa shape index (κ1) is 19.9. The van der Waals surface area contributed by atoms with Gasteiger partial charge >= 0.3 is 5.97 Å². The van der Waals surface area contributed by atoms with Gasteiger partial charge in [0, 0.05) is 11.6 Å². The number of para-hydroxylation sites is 1. The number of esters is 1. The maximum absolute atomic E-state index is 13.1. The third-order valence-corrected chi connectivity index (χ3v) is 6.25.